The fourth-order valence-corrected chi connectivity index (χ4v) is 2.43. The number of hydrogen-bond donors (Lipinski definition) is 1. The number of ether oxygens (including phenoxy) is 1. The van der Waals surface area contributed by atoms with Gasteiger partial charge >= 0.3 is 5.97 Å². The van der Waals surface area contributed by atoms with Crippen LogP contribution < -0.4 is 0 Å². The Labute approximate surface area is 84.7 Å². The fraction of sp³-hybridized carbons (Fsp3) is 0.500. The number of aliphatic hydroxyl groups is 1. The molecule has 2 unspecified atom stereocenters. The van der Waals surface area contributed by atoms with Crippen LogP contribution in [0.2, 0.25) is 0 Å². The summed E-state index contributed by atoms with van der Waals surface area (Å²) in [6.45, 7) is 1.34. The largest absolute Gasteiger partial charge is 0.432 e. The van der Waals surface area contributed by atoms with E-state index in [9.17, 15) is 9.59 Å². The van der Waals surface area contributed by atoms with Gasteiger partial charge < -0.3 is 9.84 Å². The van der Waals surface area contributed by atoms with E-state index in [0.717, 1.165) is 0 Å². The first kappa shape index (κ1) is 9.54. The van der Waals surface area contributed by atoms with E-state index in [2.05, 4.69) is 4.74 Å². The second-order valence-corrected chi connectivity index (χ2v) is 4.12. The second-order valence-electron chi connectivity index (χ2n) is 3.07. The van der Waals surface area contributed by atoms with Gasteiger partial charge in [0.2, 0.25) is 5.91 Å². The molecule has 14 heavy (non-hydrogen) atoms. The van der Waals surface area contributed by atoms with E-state index in [1.54, 1.807) is 5.41 Å². The number of esters is 1. The predicted molar refractivity (Wildman–Crippen MR) is 48.7 cm³/mol. The Morgan fingerprint density at radius 3 is 3.14 bits per heavy atom. The molecule has 1 amide bonds. The van der Waals surface area contributed by atoms with Crippen molar-refractivity contribution in [3.8, 4) is 0 Å². The number of aliphatic hydroxyl groups excluding tert-OH is 1. The average Bonchev–Trinajstić information content (AvgIpc) is 2.40. The van der Waals surface area contributed by atoms with Gasteiger partial charge in [0.25, 0.3) is 0 Å². The summed E-state index contributed by atoms with van der Waals surface area (Å²) in [4.78, 5) is 23.8. The van der Waals surface area contributed by atoms with Gasteiger partial charge in [-0.2, -0.15) is 0 Å². The Morgan fingerprint density at radius 2 is 2.57 bits per heavy atom. The van der Waals surface area contributed by atoms with Crippen LogP contribution in [0, 0.1) is 0 Å². The van der Waals surface area contributed by atoms with Gasteiger partial charge in [0.05, 0.1) is 11.8 Å². The van der Waals surface area contributed by atoms with Crippen LogP contribution in [-0.2, 0) is 14.3 Å². The second kappa shape index (κ2) is 3.29. The summed E-state index contributed by atoms with van der Waals surface area (Å²) in [5, 5.41) is 10.5. The zero-order chi connectivity index (χ0) is 10.3. The molecule has 0 spiro atoms. The maximum Gasteiger partial charge on any atom is 0.357 e. The quantitative estimate of drug-likeness (QED) is 0.399. The van der Waals surface area contributed by atoms with Crippen molar-refractivity contribution < 1.29 is 19.4 Å². The van der Waals surface area contributed by atoms with Gasteiger partial charge in [-0.1, -0.05) is 0 Å². The highest BCUT2D eigenvalue weighted by Gasteiger charge is 2.45. The highest BCUT2D eigenvalue weighted by molar-refractivity contribution is 8.03. The van der Waals surface area contributed by atoms with Crippen LogP contribution in [-0.4, -0.2) is 33.5 Å². The Kier molecular flexibility index (Phi) is 2.24. The summed E-state index contributed by atoms with van der Waals surface area (Å²) < 4.78 is 4.58. The summed E-state index contributed by atoms with van der Waals surface area (Å²) in [7, 11) is 0. The predicted octanol–water partition coefficient (Wildman–Crippen LogP) is 0.0145. The van der Waals surface area contributed by atoms with Crippen LogP contribution in [0.3, 0.4) is 0 Å². The molecule has 0 aromatic heterocycles. The zero-order valence-electron chi connectivity index (χ0n) is 7.47. The number of carbonyl (C=O) groups is 2. The molecule has 6 heteroatoms. The van der Waals surface area contributed by atoms with E-state index in [1.165, 1.54) is 23.6 Å². The van der Waals surface area contributed by atoms with Gasteiger partial charge in [-0.15, -0.1) is 11.8 Å². The third-order valence-corrected chi connectivity index (χ3v) is 3.04. The molecule has 0 aliphatic carbocycles. The van der Waals surface area contributed by atoms with Gasteiger partial charge in [0, 0.05) is 5.41 Å². The van der Waals surface area contributed by atoms with Gasteiger partial charge in [-0.25, -0.2) is 4.79 Å². The smallest absolute Gasteiger partial charge is 0.357 e. The fourth-order valence-electron chi connectivity index (χ4n) is 1.35. The average molecular weight is 215 g/mol. The Balaban J connectivity index is 2.05. The lowest BCUT2D eigenvalue weighted by Crippen LogP contribution is -2.48. The molecule has 0 saturated carbocycles. The summed E-state index contributed by atoms with van der Waals surface area (Å²) in [6.07, 6.45) is -0.684. The van der Waals surface area contributed by atoms with Crippen molar-refractivity contribution in [2.24, 2.45) is 0 Å². The van der Waals surface area contributed by atoms with Crippen molar-refractivity contribution >= 4 is 23.6 Å². The van der Waals surface area contributed by atoms with Crippen LogP contribution in [0.25, 0.3) is 0 Å². The van der Waals surface area contributed by atoms with E-state index >= 15 is 0 Å². The number of rotatable bonds is 2. The number of β-lactam (4-membered cyclic amide) rings is 1. The summed E-state index contributed by atoms with van der Waals surface area (Å²) in [5.74, 6) is -0.725. The standard InChI is InChI=1S/C8H9NO4S/c1-4(10)13-8(12)5-3-14-7-2-6(11)9(5)7/h3-4,7,10H,2H2,1H3. The first-order valence-electron chi connectivity index (χ1n) is 4.16. The number of amides is 1. The maximum atomic E-state index is 11.3. The Bertz CT molecular complexity index is 325. The van der Waals surface area contributed by atoms with Crippen LogP contribution in [0.5, 0.6) is 0 Å². The van der Waals surface area contributed by atoms with Crippen molar-refractivity contribution in [1.29, 1.82) is 0 Å². The molecule has 1 saturated heterocycles. The van der Waals surface area contributed by atoms with E-state index in [0.29, 0.717) is 6.42 Å². The minimum atomic E-state index is -1.15. The molecule has 0 aromatic carbocycles. The van der Waals surface area contributed by atoms with Crippen molar-refractivity contribution in [3.05, 3.63) is 11.1 Å². The van der Waals surface area contributed by atoms with Crippen LogP contribution in [0.1, 0.15) is 13.3 Å². The van der Waals surface area contributed by atoms with Crippen molar-refractivity contribution in [2.45, 2.75) is 25.0 Å². The molecule has 2 aliphatic heterocycles. The van der Waals surface area contributed by atoms with Crippen LogP contribution in [0.4, 0.5) is 0 Å². The van der Waals surface area contributed by atoms with E-state index in [4.69, 9.17) is 5.11 Å². The third kappa shape index (κ3) is 1.40. The van der Waals surface area contributed by atoms with Gasteiger partial charge in [0.15, 0.2) is 6.29 Å². The lowest BCUT2D eigenvalue weighted by Gasteiger charge is -2.34. The Morgan fingerprint density at radius 1 is 1.86 bits per heavy atom. The first-order valence-corrected chi connectivity index (χ1v) is 5.10. The minimum absolute atomic E-state index is 0.0547. The van der Waals surface area contributed by atoms with E-state index < -0.39 is 12.3 Å². The lowest BCUT2D eigenvalue weighted by atomic mass is 10.2. The molecule has 2 aliphatic rings. The number of thioether (sulfide) groups is 1. The van der Waals surface area contributed by atoms with Gasteiger partial charge in [0.1, 0.15) is 5.70 Å². The molecule has 2 rings (SSSR count). The van der Waals surface area contributed by atoms with E-state index in [1.807, 2.05) is 0 Å². The minimum Gasteiger partial charge on any atom is -0.432 e. The molecular weight excluding hydrogens is 206 g/mol. The zero-order valence-corrected chi connectivity index (χ0v) is 8.28. The normalized spacial score (nSPS) is 26.4. The third-order valence-electron chi connectivity index (χ3n) is 1.99. The van der Waals surface area contributed by atoms with Crippen LogP contribution >= 0.6 is 11.8 Å². The highest BCUT2D eigenvalue weighted by Crippen LogP contribution is 2.40. The molecule has 2 atom stereocenters. The topological polar surface area (TPSA) is 66.8 Å². The number of hydrogen-bond acceptors (Lipinski definition) is 5. The molecule has 0 aromatic rings. The molecule has 1 N–H and O–H groups in total. The van der Waals surface area contributed by atoms with Crippen molar-refractivity contribution in [2.75, 3.05) is 0 Å². The highest BCUT2D eigenvalue weighted by atomic mass is 32.2. The number of nitrogens with zero attached hydrogens (tertiary/aromatic N) is 1. The van der Waals surface area contributed by atoms with Crippen molar-refractivity contribution in [1.82, 2.24) is 4.90 Å². The Hall–Kier alpha value is -1.01. The van der Waals surface area contributed by atoms with E-state index in [-0.39, 0.29) is 17.0 Å². The number of fused-ring (bicyclic) bond motifs is 1. The number of carbonyl (C=O) groups excluding carboxylic acids is 2. The molecule has 5 nitrogen and oxygen atoms in total. The van der Waals surface area contributed by atoms with Gasteiger partial charge in [-0.05, 0) is 6.92 Å². The SMILES string of the molecule is CC(O)OC(=O)C1=CSC2CC(=O)N12. The summed E-state index contributed by atoms with van der Waals surface area (Å²) >= 11 is 1.42. The molecular formula is C8H9NO4S. The maximum absolute atomic E-state index is 11.3. The first-order chi connectivity index (χ1) is 6.59. The lowest BCUT2D eigenvalue weighted by molar-refractivity contribution is -0.164. The molecule has 76 valence electrons. The molecule has 1 fully saturated rings. The van der Waals surface area contributed by atoms with Gasteiger partial charge in [-0.3, -0.25) is 9.69 Å². The molecule has 0 bridgehead atoms. The van der Waals surface area contributed by atoms with Crippen molar-refractivity contribution in [3.63, 3.8) is 0 Å². The summed E-state index contributed by atoms with van der Waals surface area (Å²) in [5.41, 5.74) is 0.233. The molecule has 0 radical (unpaired) electrons. The van der Waals surface area contributed by atoms with Crippen LogP contribution in [0.15, 0.2) is 11.1 Å². The molecule has 2 heterocycles. The summed E-state index contributed by atoms with van der Waals surface area (Å²) in [6, 6.07) is 0. The monoisotopic (exact) mass is 215 g/mol.